The smallest absolute Gasteiger partial charge is 0.303 e. The van der Waals surface area contributed by atoms with Crippen LogP contribution in [-0.2, 0) is 98.6 Å². The van der Waals surface area contributed by atoms with Gasteiger partial charge in [-0.2, -0.15) is 0 Å². The predicted molar refractivity (Wildman–Crippen MR) is 203 cm³/mol. The molecule has 2 fully saturated rings. The van der Waals surface area contributed by atoms with Crippen LogP contribution < -0.4 is 0 Å². The molecule has 0 saturated carbocycles. The van der Waals surface area contributed by atoms with Crippen LogP contribution in [0.4, 0.5) is 0 Å². The van der Waals surface area contributed by atoms with Gasteiger partial charge in [0.25, 0.3) is 0 Å². The molecule has 2 aliphatic rings. The molecule has 2 saturated heterocycles. The van der Waals surface area contributed by atoms with E-state index in [0.717, 1.165) is 49.9 Å². The Morgan fingerprint density at radius 1 is 0.367 bits per heavy atom. The number of carbonyl (C=O) groups excluding carboxylic acids is 8. The fourth-order valence-corrected chi connectivity index (χ4v) is 7.10. The third kappa shape index (κ3) is 13.6. The molecule has 0 aliphatic carbocycles. The molecular formula is C42H50O18. The van der Waals surface area contributed by atoms with Gasteiger partial charge in [0.05, 0.1) is 0 Å². The van der Waals surface area contributed by atoms with Crippen molar-refractivity contribution >= 4 is 47.8 Å². The maximum absolute atomic E-state index is 12.3. The Labute approximate surface area is 346 Å². The minimum absolute atomic E-state index is 0.147. The highest BCUT2D eigenvalue weighted by molar-refractivity contribution is 5.70. The van der Waals surface area contributed by atoms with Crippen LogP contribution in [0.3, 0.4) is 0 Å². The molecule has 2 aromatic carbocycles. The van der Waals surface area contributed by atoms with Crippen molar-refractivity contribution in [2.24, 2.45) is 0 Å². The van der Waals surface area contributed by atoms with Crippen molar-refractivity contribution in [3.8, 4) is 11.1 Å². The molecule has 0 bridgehead atoms. The number of hydrogen-bond donors (Lipinski definition) is 0. The first-order valence-corrected chi connectivity index (χ1v) is 19.1. The summed E-state index contributed by atoms with van der Waals surface area (Å²) in [6, 6.07) is 14.7. The number of hydrogen-bond acceptors (Lipinski definition) is 18. The maximum atomic E-state index is 12.3. The Balaban J connectivity index is 1.57. The molecule has 2 heterocycles. The lowest BCUT2D eigenvalue weighted by atomic mass is 9.90. The van der Waals surface area contributed by atoms with Crippen LogP contribution in [-0.4, -0.2) is 122 Å². The van der Waals surface area contributed by atoms with E-state index in [4.69, 9.17) is 47.4 Å². The largest absolute Gasteiger partial charge is 0.463 e. The van der Waals surface area contributed by atoms with Crippen LogP contribution in [0.15, 0.2) is 48.5 Å². The van der Waals surface area contributed by atoms with Gasteiger partial charge in [0.1, 0.15) is 37.6 Å². The van der Waals surface area contributed by atoms with Crippen molar-refractivity contribution in [2.75, 3.05) is 13.2 Å². The standard InChI is InChI=1S/C42H50O18/c1-21(43)51-19-35-39(55-25(5)47)41(57-27(7)49)37(53-23(3)45)33(59-35)17-29-9-13-31(14-10-29)32-15-11-30(12-16-32)18-34-38(54-24(4)46)42(58-28(8)50)40(56-26(6)48)36(60-34)20-52-22(2)44/h9-16,33-42H,17-20H2,1-8H3/t33-,34-,35-,36-,37-,38-,39-,40-,41-,42+/m1/s1. The average molecular weight is 843 g/mol. The minimum Gasteiger partial charge on any atom is -0.463 e. The van der Waals surface area contributed by atoms with E-state index in [0.29, 0.717) is 0 Å². The van der Waals surface area contributed by atoms with Crippen LogP contribution in [0.5, 0.6) is 0 Å². The molecule has 0 unspecified atom stereocenters. The van der Waals surface area contributed by atoms with Gasteiger partial charge >= 0.3 is 47.8 Å². The second-order valence-electron chi connectivity index (χ2n) is 14.3. The molecule has 0 amide bonds. The van der Waals surface area contributed by atoms with Crippen LogP contribution in [0.25, 0.3) is 11.1 Å². The average Bonchev–Trinajstić information content (AvgIpc) is 3.14. The van der Waals surface area contributed by atoms with Gasteiger partial charge in [-0.15, -0.1) is 0 Å². The molecule has 18 nitrogen and oxygen atoms in total. The second-order valence-corrected chi connectivity index (χ2v) is 14.3. The highest BCUT2D eigenvalue weighted by atomic mass is 16.7. The topological polar surface area (TPSA) is 229 Å². The van der Waals surface area contributed by atoms with Crippen LogP contribution >= 0.6 is 0 Å². The molecule has 2 aliphatic heterocycles. The van der Waals surface area contributed by atoms with Gasteiger partial charge in [0.2, 0.25) is 0 Å². The highest BCUT2D eigenvalue weighted by Gasteiger charge is 2.53. The van der Waals surface area contributed by atoms with Gasteiger partial charge in [0.15, 0.2) is 36.6 Å². The van der Waals surface area contributed by atoms with Crippen LogP contribution in [0, 0.1) is 0 Å². The number of ether oxygens (including phenoxy) is 10. The fourth-order valence-electron chi connectivity index (χ4n) is 7.10. The van der Waals surface area contributed by atoms with E-state index in [9.17, 15) is 38.4 Å². The zero-order valence-electron chi connectivity index (χ0n) is 34.6. The summed E-state index contributed by atoms with van der Waals surface area (Å²) in [5, 5.41) is 0. The van der Waals surface area contributed by atoms with E-state index >= 15 is 0 Å². The van der Waals surface area contributed by atoms with Crippen molar-refractivity contribution in [2.45, 2.75) is 129 Å². The summed E-state index contributed by atoms with van der Waals surface area (Å²) in [5.74, 6) is -5.53. The molecule has 18 heteroatoms. The number of carbonyl (C=O) groups is 8. The minimum atomic E-state index is -1.28. The van der Waals surface area contributed by atoms with E-state index in [1.807, 2.05) is 48.5 Å². The first kappa shape index (κ1) is 46.8. The number of benzene rings is 2. The van der Waals surface area contributed by atoms with Gasteiger partial charge in [-0.25, -0.2) is 0 Å². The first-order valence-electron chi connectivity index (χ1n) is 19.1. The third-order valence-electron chi connectivity index (χ3n) is 9.29. The Morgan fingerprint density at radius 2 is 0.617 bits per heavy atom. The molecule has 60 heavy (non-hydrogen) atoms. The molecule has 2 aromatic rings. The molecular weight excluding hydrogens is 792 g/mol. The second kappa shape index (κ2) is 21.4. The molecule has 4 rings (SSSR count). The van der Waals surface area contributed by atoms with Crippen LogP contribution in [0.2, 0.25) is 0 Å². The van der Waals surface area contributed by atoms with E-state index in [1.165, 1.54) is 27.7 Å². The SMILES string of the molecule is CC(=O)OC[C@H]1O[C@H](Cc2ccc(-c3ccc(C[C@H]4O[C@H](COC(C)=O)[C@@H](OC(C)=O)[C@H](OC(C)=O)[C@@H]4OC(C)=O)cc3)cc2)[C@@H](OC(C)=O)[C@H](OC(C)=O)[C@@H]1OC(C)=O. The lowest BCUT2D eigenvalue weighted by Gasteiger charge is -2.44. The summed E-state index contributed by atoms with van der Waals surface area (Å²) in [5.41, 5.74) is 3.11. The van der Waals surface area contributed by atoms with Crippen molar-refractivity contribution in [3.05, 3.63) is 59.7 Å². The van der Waals surface area contributed by atoms with E-state index in [2.05, 4.69) is 0 Å². The summed E-state index contributed by atoms with van der Waals surface area (Å²) < 4.78 is 56.0. The Hall–Kier alpha value is -5.88. The maximum Gasteiger partial charge on any atom is 0.303 e. The molecule has 0 radical (unpaired) electrons. The number of esters is 8. The van der Waals surface area contributed by atoms with Gasteiger partial charge in [-0.05, 0) is 22.3 Å². The van der Waals surface area contributed by atoms with Crippen molar-refractivity contribution in [1.29, 1.82) is 0 Å². The van der Waals surface area contributed by atoms with Gasteiger partial charge in [0, 0.05) is 68.2 Å². The summed E-state index contributed by atoms with van der Waals surface area (Å²) >= 11 is 0. The number of rotatable bonds is 15. The first-order chi connectivity index (χ1) is 28.3. The Bertz CT molecular complexity index is 1740. The summed E-state index contributed by atoms with van der Waals surface area (Å²) in [6.45, 7) is 8.69. The lowest BCUT2D eigenvalue weighted by Crippen LogP contribution is -2.62. The quantitative estimate of drug-likeness (QED) is 0.185. The molecule has 0 spiro atoms. The van der Waals surface area contributed by atoms with E-state index in [1.54, 1.807) is 0 Å². The zero-order valence-corrected chi connectivity index (χ0v) is 34.6. The Morgan fingerprint density at radius 3 is 0.867 bits per heavy atom. The monoisotopic (exact) mass is 842 g/mol. The van der Waals surface area contributed by atoms with E-state index < -0.39 is 109 Å². The predicted octanol–water partition coefficient (Wildman–Crippen LogP) is 2.69. The fraction of sp³-hybridized carbons (Fsp3) is 0.524. The normalized spacial score (nSPS) is 26.0. The molecule has 326 valence electrons. The van der Waals surface area contributed by atoms with Crippen molar-refractivity contribution < 1.29 is 85.7 Å². The summed E-state index contributed by atoms with van der Waals surface area (Å²) in [6.07, 6.45) is -11.2. The zero-order chi connectivity index (χ0) is 44.3. The third-order valence-corrected chi connectivity index (χ3v) is 9.29. The van der Waals surface area contributed by atoms with E-state index in [-0.39, 0.29) is 26.1 Å². The van der Waals surface area contributed by atoms with Crippen molar-refractivity contribution in [3.63, 3.8) is 0 Å². The van der Waals surface area contributed by atoms with Gasteiger partial charge < -0.3 is 47.4 Å². The van der Waals surface area contributed by atoms with Gasteiger partial charge in [-0.3, -0.25) is 38.4 Å². The lowest BCUT2D eigenvalue weighted by molar-refractivity contribution is -0.252. The molecule has 10 atom stereocenters. The Kier molecular flexibility index (Phi) is 16.7. The summed E-state index contributed by atoms with van der Waals surface area (Å²) in [4.78, 5) is 96.5. The van der Waals surface area contributed by atoms with Crippen LogP contribution in [0.1, 0.15) is 66.5 Å². The molecule has 0 N–H and O–H groups in total. The molecule has 0 aromatic heterocycles. The van der Waals surface area contributed by atoms with Crippen molar-refractivity contribution in [1.82, 2.24) is 0 Å². The highest BCUT2D eigenvalue weighted by Crippen LogP contribution is 2.33. The summed E-state index contributed by atoms with van der Waals surface area (Å²) in [7, 11) is 0. The van der Waals surface area contributed by atoms with Gasteiger partial charge in [-0.1, -0.05) is 48.5 Å².